The third-order valence-corrected chi connectivity index (χ3v) is 4.86. The van der Waals surface area contributed by atoms with E-state index in [4.69, 9.17) is 5.73 Å². The summed E-state index contributed by atoms with van der Waals surface area (Å²) in [7, 11) is 2.26. The second-order valence-electron chi connectivity index (χ2n) is 6.12. The smallest absolute Gasteiger partial charge is 0.0241 e. The van der Waals surface area contributed by atoms with Crippen molar-refractivity contribution in [2.45, 2.75) is 62.7 Å². The Morgan fingerprint density at radius 2 is 1.69 bits per heavy atom. The van der Waals surface area contributed by atoms with Crippen molar-refractivity contribution in [2.75, 3.05) is 20.1 Å². The molecule has 0 spiro atoms. The highest BCUT2D eigenvalue weighted by Crippen LogP contribution is 2.36. The highest BCUT2D eigenvalue weighted by atomic mass is 15.3. The highest BCUT2D eigenvalue weighted by molar-refractivity contribution is 4.98. The number of hydrogen-bond donors (Lipinski definition) is 1. The van der Waals surface area contributed by atoms with Gasteiger partial charge in [-0.15, -0.1) is 0 Å². The molecule has 0 aliphatic carbocycles. The van der Waals surface area contributed by atoms with Crippen LogP contribution in [-0.2, 0) is 0 Å². The predicted molar refractivity (Wildman–Crippen MR) is 66.4 cm³/mol. The van der Waals surface area contributed by atoms with Crippen LogP contribution in [0.2, 0.25) is 0 Å². The molecule has 92 valence electrons. The van der Waals surface area contributed by atoms with Gasteiger partial charge >= 0.3 is 0 Å². The van der Waals surface area contributed by atoms with Gasteiger partial charge in [0.05, 0.1) is 0 Å². The predicted octanol–water partition coefficient (Wildman–Crippen LogP) is 1.03. The topological polar surface area (TPSA) is 32.5 Å². The van der Waals surface area contributed by atoms with E-state index in [1.54, 1.807) is 0 Å². The van der Waals surface area contributed by atoms with Gasteiger partial charge in [0.25, 0.3) is 0 Å². The van der Waals surface area contributed by atoms with Gasteiger partial charge in [-0.25, -0.2) is 0 Å². The summed E-state index contributed by atoms with van der Waals surface area (Å²) >= 11 is 0. The lowest BCUT2D eigenvalue weighted by atomic mass is 9.81. The molecule has 0 aromatic heterocycles. The maximum Gasteiger partial charge on any atom is 0.0241 e. The summed E-state index contributed by atoms with van der Waals surface area (Å²) in [5, 5.41) is 0. The molecule has 0 aromatic carbocycles. The lowest BCUT2D eigenvalue weighted by Crippen LogP contribution is -2.59. The standard InChI is InChI=1S/C13H25N3/c1-15-6-5-13(9-15)16-11-3-2-4-12(16)8-10(14)7-11/h10-13H,2-9,14H2,1H3. The molecule has 3 nitrogen and oxygen atoms in total. The summed E-state index contributed by atoms with van der Waals surface area (Å²) in [5.74, 6) is 0. The SMILES string of the molecule is CN1CCC(N2C3CCCC2CC(N)C3)C1. The summed E-state index contributed by atoms with van der Waals surface area (Å²) in [4.78, 5) is 5.34. The highest BCUT2D eigenvalue weighted by Gasteiger charge is 2.41. The summed E-state index contributed by atoms with van der Waals surface area (Å²) in [5.41, 5.74) is 6.18. The van der Waals surface area contributed by atoms with Gasteiger partial charge in [-0.05, 0) is 45.7 Å². The molecule has 3 heteroatoms. The van der Waals surface area contributed by atoms with E-state index < -0.39 is 0 Å². The zero-order valence-electron chi connectivity index (χ0n) is 10.4. The molecule has 3 heterocycles. The molecule has 16 heavy (non-hydrogen) atoms. The summed E-state index contributed by atoms with van der Waals surface area (Å²) in [6, 6.07) is 2.91. The Bertz CT molecular complexity index is 236. The van der Waals surface area contributed by atoms with Crippen LogP contribution in [0.4, 0.5) is 0 Å². The Kier molecular flexibility index (Phi) is 2.94. The first kappa shape index (κ1) is 11.0. The molecule has 3 aliphatic rings. The number of likely N-dealkylation sites (N-methyl/N-ethyl adjacent to an activating group) is 1. The Hall–Kier alpha value is -0.120. The van der Waals surface area contributed by atoms with E-state index >= 15 is 0 Å². The average molecular weight is 223 g/mol. The van der Waals surface area contributed by atoms with Gasteiger partial charge in [0.15, 0.2) is 0 Å². The molecule has 3 saturated heterocycles. The van der Waals surface area contributed by atoms with Crippen LogP contribution in [0.25, 0.3) is 0 Å². The van der Waals surface area contributed by atoms with E-state index in [2.05, 4.69) is 16.8 Å². The lowest BCUT2D eigenvalue weighted by Gasteiger charge is -2.51. The fourth-order valence-corrected chi connectivity index (χ4v) is 4.21. The largest absolute Gasteiger partial charge is 0.328 e. The number of nitrogens with two attached hydrogens (primary N) is 1. The van der Waals surface area contributed by atoms with Crippen LogP contribution < -0.4 is 5.73 Å². The van der Waals surface area contributed by atoms with Gasteiger partial charge in [-0.1, -0.05) is 6.42 Å². The lowest BCUT2D eigenvalue weighted by molar-refractivity contribution is -0.00158. The second kappa shape index (κ2) is 4.28. The van der Waals surface area contributed by atoms with E-state index in [1.165, 1.54) is 51.6 Å². The molecule has 3 aliphatic heterocycles. The van der Waals surface area contributed by atoms with Crippen molar-refractivity contribution in [3.8, 4) is 0 Å². The Morgan fingerprint density at radius 1 is 1.00 bits per heavy atom. The minimum Gasteiger partial charge on any atom is -0.328 e. The van der Waals surface area contributed by atoms with Gasteiger partial charge < -0.3 is 10.6 Å². The van der Waals surface area contributed by atoms with E-state index in [0.29, 0.717) is 6.04 Å². The number of fused-ring (bicyclic) bond motifs is 2. The van der Waals surface area contributed by atoms with Crippen molar-refractivity contribution in [3.05, 3.63) is 0 Å². The molecule has 0 radical (unpaired) electrons. The maximum atomic E-state index is 6.18. The van der Waals surface area contributed by atoms with Gasteiger partial charge in [0, 0.05) is 30.7 Å². The molecule has 0 saturated carbocycles. The molecule has 3 fully saturated rings. The van der Waals surface area contributed by atoms with Gasteiger partial charge in [-0.2, -0.15) is 0 Å². The number of piperidine rings is 2. The molecular weight excluding hydrogens is 198 g/mol. The second-order valence-corrected chi connectivity index (χ2v) is 6.12. The Labute approximate surface area is 99.0 Å². The monoisotopic (exact) mass is 223 g/mol. The maximum absolute atomic E-state index is 6.18. The van der Waals surface area contributed by atoms with Gasteiger partial charge in [0.2, 0.25) is 0 Å². The number of likely N-dealkylation sites (tertiary alicyclic amines) is 1. The van der Waals surface area contributed by atoms with Gasteiger partial charge in [-0.3, -0.25) is 4.90 Å². The molecule has 3 unspecified atom stereocenters. The molecule has 3 atom stereocenters. The summed E-state index contributed by atoms with van der Waals surface area (Å²) in [6.07, 6.45) is 8.09. The minimum absolute atomic E-state index is 0.477. The summed E-state index contributed by atoms with van der Waals surface area (Å²) in [6.45, 7) is 2.56. The van der Waals surface area contributed by atoms with Crippen LogP contribution in [0.1, 0.15) is 38.5 Å². The number of rotatable bonds is 1. The van der Waals surface area contributed by atoms with Crippen molar-refractivity contribution in [2.24, 2.45) is 5.73 Å². The third kappa shape index (κ3) is 1.89. The minimum atomic E-state index is 0.477. The summed E-state index contributed by atoms with van der Waals surface area (Å²) < 4.78 is 0. The van der Waals surface area contributed by atoms with E-state index in [0.717, 1.165) is 18.1 Å². The number of nitrogens with zero attached hydrogens (tertiary/aromatic N) is 2. The Morgan fingerprint density at radius 3 is 2.25 bits per heavy atom. The van der Waals surface area contributed by atoms with Crippen molar-refractivity contribution < 1.29 is 0 Å². The van der Waals surface area contributed by atoms with Crippen LogP contribution in [0, 0.1) is 0 Å². The fourth-order valence-electron chi connectivity index (χ4n) is 4.21. The zero-order valence-corrected chi connectivity index (χ0v) is 10.4. The molecule has 0 amide bonds. The van der Waals surface area contributed by atoms with Gasteiger partial charge in [0.1, 0.15) is 0 Å². The molecule has 2 N–H and O–H groups in total. The zero-order chi connectivity index (χ0) is 11.1. The van der Waals surface area contributed by atoms with Crippen molar-refractivity contribution in [3.63, 3.8) is 0 Å². The Balaban J connectivity index is 1.73. The average Bonchev–Trinajstić information content (AvgIpc) is 2.63. The van der Waals surface area contributed by atoms with E-state index in [-0.39, 0.29) is 0 Å². The number of hydrogen-bond acceptors (Lipinski definition) is 3. The van der Waals surface area contributed by atoms with Crippen molar-refractivity contribution in [1.82, 2.24) is 9.80 Å². The van der Waals surface area contributed by atoms with Crippen LogP contribution >= 0.6 is 0 Å². The normalized spacial score (nSPS) is 46.1. The molecule has 2 bridgehead atoms. The van der Waals surface area contributed by atoms with Crippen LogP contribution in [0.3, 0.4) is 0 Å². The fraction of sp³-hybridized carbons (Fsp3) is 1.00. The van der Waals surface area contributed by atoms with Crippen LogP contribution in [-0.4, -0.2) is 54.1 Å². The molecule has 0 aromatic rings. The van der Waals surface area contributed by atoms with Crippen molar-refractivity contribution in [1.29, 1.82) is 0 Å². The first-order valence-electron chi connectivity index (χ1n) is 6.95. The molecule has 3 rings (SSSR count). The first-order valence-corrected chi connectivity index (χ1v) is 6.95. The third-order valence-electron chi connectivity index (χ3n) is 4.86. The first-order chi connectivity index (χ1) is 7.74. The van der Waals surface area contributed by atoms with Crippen molar-refractivity contribution >= 4 is 0 Å². The van der Waals surface area contributed by atoms with Crippen LogP contribution in [0.5, 0.6) is 0 Å². The van der Waals surface area contributed by atoms with E-state index in [1.807, 2.05) is 0 Å². The van der Waals surface area contributed by atoms with Crippen LogP contribution in [0.15, 0.2) is 0 Å². The quantitative estimate of drug-likeness (QED) is 0.721. The van der Waals surface area contributed by atoms with E-state index in [9.17, 15) is 0 Å². The molecular formula is C13H25N3.